The van der Waals surface area contributed by atoms with Crippen molar-refractivity contribution >= 4 is 11.9 Å². The largest absolute Gasteiger partial charge is 0.336 e. The molecule has 0 spiro atoms. The second kappa shape index (κ2) is 4.79. The fourth-order valence-electron chi connectivity index (χ4n) is 3.10. The Bertz CT molecular complexity index is 640. The first-order valence-corrected chi connectivity index (χ1v) is 6.82. The van der Waals surface area contributed by atoms with Gasteiger partial charge in [0, 0.05) is 22.5 Å². The number of piperidine rings is 1. The van der Waals surface area contributed by atoms with Crippen molar-refractivity contribution in [1.82, 2.24) is 10.2 Å². The van der Waals surface area contributed by atoms with Crippen LogP contribution in [0.5, 0.6) is 0 Å². The lowest BCUT2D eigenvalue weighted by atomic mass is 10.1. The van der Waals surface area contributed by atoms with Crippen molar-refractivity contribution in [3.63, 3.8) is 0 Å². The van der Waals surface area contributed by atoms with Crippen LogP contribution in [-0.2, 0) is 4.79 Å². The number of nitrogens with one attached hydrogen (secondary N) is 1. The standard InChI is InChI=1S/C14H15N5O2/c1-9(10-5-3-2-4-6-10)19-8-11-7-14(11,12(19)20)16-13(21)17-18-15/h2-6,9,11H,7-8H2,1H3,(H,16,21)/t9-,11-,14+/m0/s1. The van der Waals surface area contributed by atoms with Crippen LogP contribution in [0.3, 0.4) is 0 Å². The van der Waals surface area contributed by atoms with E-state index in [9.17, 15) is 9.59 Å². The molecular weight excluding hydrogens is 270 g/mol. The quantitative estimate of drug-likeness (QED) is 0.524. The zero-order valence-electron chi connectivity index (χ0n) is 11.6. The van der Waals surface area contributed by atoms with Crippen LogP contribution in [0.1, 0.15) is 24.9 Å². The number of nitrogens with zero attached hydrogens (tertiary/aromatic N) is 4. The van der Waals surface area contributed by atoms with E-state index in [1.807, 2.05) is 37.3 Å². The van der Waals surface area contributed by atoms with Gasteiger partial charge < -0.3 is 10.2 Å². The topological polar surface area (TPSA) is 98.2 Å². The number of azide groups is 1. The summed E-state index contributed by atoms with van der Waals surface area (Å²) in [6, 6.07) is 8.93. The zero-order valence-corrected chi connectivity index (χ0v) is 11.6. The first kappa shape index (κ1) is 13.5. The maximum absolute atomic E-state index is 12.6. The molecule has 2 fully saturated rings. The molecule has 3 amide bonds. The van der Waals surface area contributed by atoms with E-state index in [0.717, 1.165) is 5.56 Å². The summed E-state index contributed by atoms with van der Waals surface area (Å²) < 4.78 is 0. The van der Waals surface area contributed by atoms with Crippen LogP contribution in [0.25, 0.3) is 10.4 Å². The third-order valence-corrected chi connectivity index (χ3v) is 4.38. The number of fused-ring (bicyclic) bond motifs is 1. The van der Waals surface area contributed by atoms with E-state index in [1.165, 1.54) is 0 Å². The summed E-state index contributed by atoms with van der Waals surface area (Å²) in [7, 11) is 0. The Morgan fingerprint density at radius 2 is 2.24 bits per heavy atom. The molecule has 1 heterocycles. The number of carbonyl (C=O) groups is 2. The van der Waals surface area contributed by atoms with Crippen molar-refractivity contribution in [2.24, 2.45) is 11.0 Å². The summed E-state index contributed by atoms with van der Waals surface area (Å²) in [4.78, 5) is 28.2. The number of hydrogen-bond acceptors (Lipinski definition) is 2. The Kier molecular flexibility index (Phi) is 3.07. The molecule has 3 atom stereocenters. The van der Waals surface area contributed by atoms with Gasteiger partial charge in [-0.2, -0.15) is 0 Å². The third kappa shape index (κ3) is 2.11. The van der Waals surface area contributed by atoms with Crippen LogP contribution < -0.4 is 5.32 Å². The van der Waals surface area contributed by atoms with E-state index in [4.69, 9.17) is 5.53 Å². The van der Waals surface area contributed by atoms with Crippen molar-refractivity contribution < 1.29 is 9.59 Å². The lowest BCUT2D eigenvalue weighted by molar-refractivity contribution is -0.133. The monoisotopic (exact) mass is 285 g/mol. The van der Waals surface area contributed by atoms with Gasteiger partial charge in [-0.15, -0.1) is 0 Å². The number of hydrogen-bond donors (Lipinski definition) is 1. The van der Waals surface area contributed by atoms with Gasteiger partial charge in [-0.25, -0.2) is 0 Å². The lowest BCUT2D eigenvalue weighted by Crippen LogP contribution is -2.46. The minimum Gasteiger partial charge on any atom is -0.336 e. The van der Waals surface area contributed by atoms with Crippen molar-refractivity contribution in [3.8, 4) is 0 Å². The predicted octanol–water partition coefficient (Wildman–Crippen LogP) is 2.37. The minimum atomic E-state index is -0.853. The minimum absolute atomic E-state index is 0.0419. The Hall–Kier alpha value is -2.53. The molecule has 0 radical (unpaired) electrons. The maximum Gasteiger partial charge on any atom is 0.309 e. The van der Waals surface area contributed by atoms with Gasteiger partial charge in [0.25, 0.3) is 0 Å². The predicted molar refractivity (Wildman–Crippen MR) is 75.1 cm³/mol. The second-order valence-corrected chi connectivity index (χ2v) is 5.54. The molecule has 3 rings (SSSR count). The van der Waals surface area contributed by atoms with E-state index in [1.54, 1.807) is 4.90 Å². The van der Waals surface area contributed by atoms with Crippen LogP contribution in [0, 0.1) is 5.92 Å². The molecule has 21 heavy (non-hydrogen) atoms. The maximum atomic E-state index is 12.6. The van der Waals surface area contributed by atoms with Crippen LogP contribution in [0.4, 0.5) is 4.79 Å². The van der Waals surface area contributed by atoms with Crippen molar-refractivity contribution in [2.45, 2.75) is 24.9 Å². The molecule has 1 saturated heterocycles. The van der Waals surface area contributed by atoms with Crippen molar-refractivity contribution in [2.75, 3.05) is 6.54 Å². The van der Waals surface area contributed by atoms with E-state index >= 15 is 0 Å². The zero-order chi connectivity index (χ0) is 15.0. The van der Waals surface area contributed by atoms with Gasteiger partial charge in [0.05, 0.1) is 6.04 Å². The molecule has 1 aliphatic heterocycles. The smallest absolute Gasteiger partial charge is 0.309 e. The van der Waals surface area contributed by atoms with Gasteiger partial charge in [-0.05, 0) is 24.4 Å². The molecule has 7 nitrogen and oxygen atoms in total. The van der Waals surface area contributed by atoms with Crippen molar-refractivity contribution in [1.29, 1.82) is 0 Å². The normalized spacial score (nSPS) is 27.6. The SMILES string of the molecule is C[C@@H](c1ccccc1)N1C[C@@H]2C[C@]2(NC(=O)N=[N+]=[N-])C1=O. The summed E-state index contributed by atoms with van der Waals surface area (Å²) in [6.07, 6.45) is 0.622. The van der Waals surface area contributed by atoms with Crippen molar-refractivity contribution in [3.05, 3.63) is 46.3 Å². The van der Waals surface area contributed by atoms with Crippen LogP contribution >= 0.6 is 0 Å². The van der Waals surface area contributed by atoms with Gasteiger partial charge >= 0.3 is 6.03 Å². The number of urea groups is 1. The summed E-state index contributed by atoms with van der Waals surface area (Å²) in [5.74, 6) is 0.0133. The molecule has 0 bridgehead atoms. The van der Waals surface area contributed by atoms with Crippen LogP contribution in [0.15, 0.2) is 35.4 Å². The molecule has 1 aromatic carbocycles. The highest BCUT2D eigenvalue weighted by Gasteiger charge is 2.68. The average Bonchev–Trinajstić information content (AvgIpc) is 3.11. The third-order valence-electron chi connectivity index (χ3n) is 4.38. The van der Waals surface area contributed by atoms with Gasteiger partial charge in [0.1, 0.15) is 5.54 Å². The van der Waals surface area contributed by atoms with E-state index in [-0.39, 0.29) is 17.9 Å². The molecule has 1 aromatic rings. The molecule has 7 heteroatoms. The van der Waals surface area contributed by atoms with Crippen LogP contribution in [0.2, 0.25) is 0 Å². The highest BCUT2D eigenvalue weighted by atomic mass is 16.2. The Morgan fingerprint density at radius 3 is 2.90 bits per heavy atom. The number of likely N-dealkylation sites (tertiary alicyclic amines) is 1. The number of carbonyl (C=O) groups excluding carboxylic acids is 2. The van der Waals surface area contributed by atoms with Gasteiger partial charge in [-0.3, -0.25) is 9.59 Å². The molecule has 0 unspecified atom stereocenters. The molecule has 1 N–H and O–H groups in total. The van der Waals surface area contributed by atoms with E-state index < -0.39 is 11.6 Å². The number of rotatable bonds is 3. The molecular formula is C14H15N5O2. The molecule has 1 aliphatic carbocycles. The second-order valence-electron chi connectivity index (χ2n) is 5.54. The van der Waals surface area contributed by atoms with E-state index in [0.29, 0.717) is 13.0 Å². The summed E-state index contributed by atoms with van der Waals surface area (Å²) in [6.45, 7) is 2.59. The number of benzene rings is 1. The molecule has 0 aromatic heterocycles. The summed E-state index contributed by atoms with van der Waals surface area (Å²) in [5, 5.41) is 5.55. The lowest BCUT2D eigenvalue weighted by Gasteiger charge is -2.28. The first-order chi connectivity index (χ1) is 10.1. The van der Waals surface area contributed by atoms with Crippen LogP contribution in [-0.4, -0.2) is 28.9 Å². The Morgan fingerprint density at radius 1 is 1.52 bits per heavy atom. The molecule has 108 valence electrons. The van der Waals surface area contributed by atoms with Gasteiger partial charge in [0.15, 0.2) is 0 Å². The first-order valence-electron chi connectivity index (χ1n) is 6.82. The van der Waals surface area contributed by atoms with Gasteiger partial charge in [-0.1, -0.05) is 30.3 Å². The average molecular weight is 285 g/mol. The molecule has 2 aliphatic rings. The fourth-order valence-corrected chi connectivity index (χ4v) is 3.10. The summed E-state index contributed by atoms with van der Waals surface area (Å²) in [5.41, 5.74) is 8.47. The number of amides is 3. The summed E-state index contributed by atoms with van der Waals surface area (Å²) >= 11 is 0. The molecule has 1 saturated carbocycles. The van der Waals surface area contributed by atoms with Gasteiger partial charge in [0.2, 0.25) is 5.91 Å². The highest BCUT2D eigenvalue weighted by molar-refractivity contribution is 5.97. The van der Waals surface area contributed by atoms with E-state index in [2.05, 4.69) is 15.3 Å². The Balaban J connectivity index is 1.76. The Labute approximate surface area is 121 Å². The highest BCUT2D eigenvalue weighted by Crippen LogP contribution is 2.52. The fraction of sp³-hybridized carbons (Fsp3) is 0.429.